The summed E-state index contributed by atoms with van der Waals surface area (Å²) < 4.78 is 7.60. The van der Waals surface area contributed by atoms with Gasteiger partial charge in [0, 0.05) is 25.9 Å². The third kappa shape index (κ3) is 4.03. The van der Waals surface area contributed by atoms with Crippen LogP contribution in [0.4, 0.5) is 0 Å². The van der Waals surface area contributed by atoms with Crippen molar-refractivity contribution < 1.29 is 9.53 Å². The highest BCUT2D eigenvalue weighted by molar-refractivity contribution is 5.93. The van der Waals surface area contributed by atoms with Gasteiger partial charge in [0.05, 0.1) is 23.6 Å². The molecule has 0 N–H and O–H groups in total. The van der Waals surface area contributed by atoms with Crippen molar-refractivity contribution in [3.63, 3.8) is 0 Å². The molecule has 1 amide bonds. The van der Waals surface area contributed by atoms with E-state index in [4.69, 9.17) is 4.74 Å². The van der Waals surface area contributed by atoms with Crippen LogP contribution in [0, 0.1) is 0 Å². The van der Waals surface area contributed by atoms with Crippen molar-refractivity contribution in [2.75, 3.05) is 19.7 Å². The van der Waals surface area contributed by atoms with Crippen molar-refractivity contribution in [3.8, 4) is 5.69 Å². The molecule has 0 spiro atoms. The molecular weight excluding hydrogens is 302 g/mol. The lowest BCUT2D eigenvalue weighted by atomic mass is 10.2. The molecule has 1 saturated heterocycles. The average Bonchev–Trinajstić information content (AvgIpc) is 3.00. The van der Waals surface area contributed by atoms with Gasteiger partial charge in [0.15, 0.2) is 0 Å². The first-order valence-electron chi connectivity index (χ1n) is 8.79. The van der Waals surface area contributed by atoms with Crippen LogP contribution in [0.1, 0.15) is 43.0 Å². The first kappa shape index (κ1) is 16.7. The zero-order valence-electron chi connectivity index (χ0n) is 14.2. The lowest BCUT2D eigenvalue weighted by Gasteiger charge is -2.20. The Balaban J connectivity index is 1.63. The Morgan fingerprint density at radius 1 is 1.25 bits per heavy atom. The van der Waals surface area contributed by atoms with E-state index in [0.29, 0.717) is 5.56 Å². The van der Waals surface area contributed by atoms with Gasteiger partial charge in [-0.05, 0) is 37.8 Å². The van der Waals surface area contributed by atoms with Crippen LogP contribution in [0.3, 0.4) is 0 Å². The minimum atomic E-state index is 0.0633. The van der Waals surface area contributed by atoms with Gasteiger partial charge >= 0.3 is 0 Å². The molecule has 1 aliphatic rings. The SMILES string of the molecule is CCCO[C@H]1CCCN(C(=O)c2cnn(-c3ccccc3)c2)CC1. The fraction of sp³-hybridized carbons (Fsp3) is 0.474. The molecule has 1 aromatic heterocycles. The number of hydrogen-bond acceptors (Lipinski definition) is 3. The van der Waals surface area contributed by atoms with Crippen LogP contribution in [0.15, 0.2) is 42.7 Å². The fourth-order valence-corrected chi connectivity index (χ4v) is 3.06. The van der Waals surface area contributed by atoms with Crippen molar-refractivity contribution in [2.45, 2.75) is 38.7 Å². The van der Waals surface area contributed by atoms with Gasteiger partial charge in [-0.25, -0.2) is 4.68 Å². The number of benzene rings is 1. The van der Waals surface area contributed by atoms with Crippen molar-refractivity contribution in [3.05, 3.63) is 48.3 Å². The lowest BCUT2D eigenvalue weighted by Crippen LogP contribution is -2.32. The first-order chi connectivity index (χ1) is 11.8. The highest BCUT2D eigenvalue weighted by Crippen LogP contribution is 2.17. The number of carbonyl (C=O) groups is 1. The molecule has 0 bridgehead atoms. The van der Waals surface area contributed by atoms with Crippen molar-refractivity contribution in [1.29, 1.82) is 0 Å². The molecule has 0 radical (unpaired) electrons. The van der Waals surface area contributed by atoms with Gasteiger partial charge in [-0.1, -0.05) is 25.1 Å². The first-order valence-corrected chi connectivity index (χ1v) is 8.79. The van der Waals surface area contributed by atoms with E-state index in [1.807, 2.05) is 41.4 Å². The molecule has 5 heteroatoms. The summed E-state index contributed by atoms with van der Waals surface area (Å²) in [7, 11) is 0. The summed E-state index contributed by atoms with van der Waals surface area (Å²) >= 11 is 0. The maximum atomic E-state index is 12.7. The molecule has 0 aliphatic carbocycles. The Morgan fingerprint density at radius 3 is 2.88 bits per heavy atom. The molecule has 5 nitrogen and oxygen atoms in total. The summed E-state index contributed by atoms with van der Waals surface area (Å²) in [5, 5.41) is 4.33. The number of para-hydroxylation sites is 1. The second-order valence-corrected chi connectivity index (χ2v) is 6.23. The van der Waals surface area contributed by atoms with E-state index < -0.39 is 0 Å². The van der Waals surface area contributed by atoms with Crippen LogP contribution in [-0.4, -0.2) is 46.4 Å². The highest BCUT2D eigenvalue weighted by atomic mass is 16.5. The van der Waals surface area contributed by atoms with Crippen molar-refractivity contribution in [2.24, 2.45) is 0 Å². The van der Waals surface area contributed by atoms with Crippen LogP contribution in [0.5, 0.6) is 0 Å². The quantitative estimate of drug-likeness (QED) is 0.846. The Hall–Kier alpha value is -2.14. The van der Waals surface area contributed by atoms with E-state index in [2.05, 4.69) is 12.0 Å². The third-order valence-electron chi connectivity index (χ3n) is 4.37. The van der Waals surface area contributed by atoms with Gasteiger partial charge in [0.2, 0.25) is 0 Å². The smallest absolute Gasteiger partial charge is 0.257 e. The fourth-order valence-electron chi connectivity index (χ4n) is 3.06. The van der Waals surface area contributed by atoms with Gasteiger partial charge in [0.25, 0.3) is 5.91 Å². The van der Waals surface area contributed by atoms with Crippen LogP contribution in [0.2, 0.25) is 0 Å². The Labute approximate surface area is 143 Å². The van der Waals surface area contributed by atoms with Gasteiger partial charge in [-0.3, -0.25) is 4.79 Å². The van der Waals surface area contributed by atoms with Crippen molar-refractivity contribution in [1.82, 2.24) is 14.7 Å². The van der Waals surface area contributed by atoms with Gasteiger partial charge < -0.3 is 9.64 Å². The predicted molar refractivity (Wildman–Crippen MR) is 93.3 cm³/mol. The summed E-state index contributed by atoms with van der Waals surface area (Å²) in [6.07, 6.45) is 7.74. The maximum Gasteiger partial charge on any atom is 0.257 e. The monoisotopic (exact) mass is 327 g/mol. The molecule has 1 aromatic carbocycles. The number of carbonyl (C=O) groups excluding carboxylic acids is 1. The molecule has 0 saturated carbocycles. The number of rotatable bonds is 5. The highest BCUT2D eigenvalue weighted by Gasteiger charge is 2.22. The molecule has 1 aliphatic heterocycles. The summed E-state index contributed by atoms with van der Waals surface area (Å²) in [6, 6.07) is 9.84. The Kier molecular flexibility index (Phi) is 5.64. The van der Waals surface area contributed by atoms with Crippen LogP contribution >= 0.6 is 0 Å². The van der Waals surface area contributed by atoms with E-state index in [0.717, 1.165) is 51.1 Å². The topological polar surface area (TPSA) is 47.4 Å². The normalized spacial score (nSPS) is 18.4. The lowest BCUT2D eigenvalue weighted by molar-refractivity contribution is 0.0432. The Morgan fingerprint density at radius 2 is 2.08 bits per heavy atom. The second kappa shape index (κ2) is 8.11. The Bertz CT molecular complexity index is 654. The van der Waals surface area contributed by atoms with Crippen LogP contribution in [-0.2, 0) is 4.74 Å². The molecule has 24 heavy (non-hydrogen) atoms. The number of likely N-dealkylation sites (tertiary alicyclic amines) is 1. The zero-order chi connectivity index (χ0) is 16.8. The predicted octanol–water partition coefficient (Wildman–Crippen LogP) is 3.29. The standard InChI is InChI=1S/C19H25N3O2/c1-2-13-24-18-9-6-11-21(12-10-18)19(23)16-14-20-22(15-16)17-7-4-3-5-8-17/h3-5,7-8,14-15,18H,2,6,9-13H2,1H3/t18-/m0/s1. The molecule has 3 rings (SSSR count). The van der Waals surface area contributed by atoms with Gasteiger partial charge in [0.1, 0.15) is 0 Å². The van der Waals surface area contributed by atoms with E-state index in [1.165, 1.54) is 0 Å². The maximum absolute atomic E-state index is 12.7. The summed E-state index contributed by atoms with van der Waals surface area (Å²) in [5.74, 6) is 0.0633. The van der Waals surface area contributed by atoms with Crippen LogP contribution in [0.25, 0.3) is 5.69 Å². The number of ether oxygens (including phenoxy) is 1. The van der Waals surface area contributed by atoms with E-state index in [9.17, 15) is 4.79 Å². The van der Waals surface area contributed by atoms with E-state index in [-0.39, 0.29) is 12.0 Å². The molecule has 0 unspecified atom stereocenters. The summed E-state index contributed by atoms with van der Waals surface area (Å²) in [4.78, 5) is 14.7. The number of nitrogens with zero attached hydrogens (tertiary/aromatic N) is 3. The molecule has 2 aromatic rings. The molecule has 128 valence electrons. The number of aromatic nitrogens is 2. The molecule has 1 fully saturated rings. The average molecular weight is 327 g/mol. The summed E-state index contributed by atoms with van der Waals surface area (Å²) in [5.41, 5.74) is 1.60. The van der Waals surface area contributed by atoms with E-state index in [1.54, 1.807) is 10.9 Å². The minimum Gasteiger partial charge on any atom is -0.378 e. The van der Waals surface area contributed by atoms with E-state index >= 15 is 0 Å². The largest absolute Gasteiger partial charge is 0.378 e. The molecule has 2 heterocycles. The minimum absolute atomic E-state index is 0.0633. The number of hydrogen-bond donors (Lipinski definition) is 0. The summed E-state index contributed by atoms with van der Waals surface area (Å²) in [6.45, 7) is 4.48. The third-order valence-corrected chi connectivity index (χ3v) is 4.37. The second-order valence-electron chi connectivity index (χ2n) is 6.23. The van der Waals surface area contributed by atoms with Gasteiger partial charge in [-0.2, -0.15) is 5.10 Å². The zero-order valence-corrected chi connectivity index (χ0v) is 14.2. The molecular formula is C19H25N3O2. The van der Waals surface area contributed by atoms with Crippen molar-refractivity contribution >= 4 is 5.91 Å². The van der Waals surface area contributed by atoms with Gasteiger partial charge in [-0.15, -0.1) is 0 Å². The molecule has 1 atom stereocenters. The van der Waals surface area contributed by atoms with Crippen LogP contribution < -0.4 is 0 Å². The number of amides is 1.